The van der Waals surface area contributed by atoms with Gasteiger partial charge in [0.25, 0.3) is 0 Å². The van der Waals surface area contributed by atoms with Gasteiger partial charge in [-0.25, -0.2) is 15.0 Å². The number of aromatic nitrogens is 3. The molecule has 2 heterocycles. The number of benzene rings is 7. The van der Waals surface area contributed by atoms with E-state index in [1.165, 1.54) is 59.9 Å². The van der Waals surface area contributed by atoms with E-state index in [0.717, 1.165) is 55.3 Å². The lowest BCUT2D eigenvalue weighted by molar-refractivity contribution is 0.353. The molecule has 1 fully saturated rings. The molecule has 0 N–H and O–H groups in total. The average molecular weight is 708 g/mol. The van der Waals surface area contributed by atoms with Crippen molar-refractivity contribution in [2.45, 2.75) is 37.5 Å². The molecule has 11 rings (SSSR count). The van der Waals surface area contributed by atoms with Crippen LogP contribution in [0.3, 0.4) is 0 Å². The maximum absolute atomic E-state index is 6.30. The highest BCUT2D eigenvalue weighted by atomic mass is 16.3. The molecule has 9 aromatic rings. The van der Waals surface area contributed by atoms with Crippen molar-refractivity contribution in [2.24, 2.45) is 0 Å². The molecule has 1 spiro atoms. The van der Waals surface area contributed by atoms with Crippen LogP contribution in [0.4, 0.5) is 0 Å². The van der Waals surface area contributed by atoms with Crippen LogP contribution in [0.25, 0.3) is 89.5 Å². The third-order valence-corrected chi connectivity index (χ3v) is 11.9. The van der Waals surface area contributed by atoms with Crippen molar-refractivity contribution in [3.05, 3.63) is 175 Å². The molecule has 0 unspecified atom stereocenters. The standard InChI is InChI=1S/C51H37N3O/c1-3-13-33(14-4-1)34-15-11-17-37(29-34)48-52-49(54-50(53-48)39-24-26-43-42-20-6-8-22-46(42)55-47(43)32-39)38-18-12-16-35(30-38)36-23-25-41-40-19-5-7-21-44(40)51(45(41)31-36)27-9-2-10-28-51/h1,3-8,11-26,29-32H,2,9-10,27-28H2. The van der Waals surface area contributed by atoms with Crippen LogP contribution in [0, 0.1) is 0 Å². The molecule has 0 bridgehead atoms. The summed E-state index contributed by atoms with van der Waals surface area (Å²) in [5.41, 5.74) is 15.0. The predicted octanol–water partition coefficient (Wildman–Crippen LogP) is 13.3. The normalized spacial score (nSPS) is 14.3. The molecule has 262 valence electrons. The lowest BCUT2D eigenvalue weighted by atomic mass is 9.67. The molecule has 0 atom stereocenters. The van der Waals surface area contributed by atoms with E-state index < -0.39 is 0 Å². The van der Waals surface area contributed by atoms with E-state index in [1.54, 1.807) is 0 Å². The van der Waals surface area contributed by atoms with Crippen molar-refractivity contribution in [3.8, 4) is 67.5 Å². The van der Waals surface area contributed by atoms with E-state index >= 15 is 0 Å². The predicted molar refractivity (Wildman–Crippen MR) is 224 cm³/mol. The molecule has 0 amide bonds. The largest absolute Gasteiger partial charge is 0.456 e. The highest BCUT2D eigenvalue weighted by molar-refractivity contribution is 6.05. The van der Waals surface area contributed by atoms with E-state index in [1.807, 2.05) is 24.3 Å². The molecule has 55 heavy (non-hydrogen) atoms. The summed E-state index contributed by atoms with van der Waals surface area (Å²) < 4.78 is 6.30. The topological polar surface area (TPSA) is 51.8 Å². The fourth-order valence-corrected chi connectivity index (χ4v) is 9.26. The van der Waals surface area contributed by atoms with E-state index in [0.29, 0.717) is 17.5 Å². The maximum atomic E-state index is 6.30. The Bertz CT molecular complexity index is 2920. The first-order valence-corrected chi connectivity index (χ1v) is 19.4. The van der Waals surface area contributed by atoms with Crippen LogP contribution in [-0.2, 0) is 5.41 Å². The average Bonchev–Trinajstić information content (AvgIpc) is 3.76. The van der Waals surface area contributed by atoms with E-state index in [9.17, 15) is 0 Å². The molecule has 0 radical (unpaired) electrons. The first-order chi connectivity index (χ1) is 27.2. The molecule has 2 aliphatic rings. The zero-order valence-corrected chi connectivity index (χ0v) is 30.4. The number of rotatable bonds is 5. The zero-order chi connectivity index (χ0) is 36.3. The second-order valence-electron chi connectivity index (χ2n) is 15.1. The second kappa shape index (κ2) is 12.7. The number of hydrogen-bond donors (Lipinski definition) is 0. The summed E-state index contributed by atoms with van der Waals surface area (Å²) in [5.74, 6) is 1.86. The van der Waals surface area contributed by atoms with E-state index in [2.05, 4.69) is 140 Å². The Kier molecular flexibility index (Phi) is 7.38. The summed E-state index contributed by atoms with van der Waals surface area (Å²) in [6.07, 6.45) is 6.29. The summed E-state index contributed by atoms with van der Waals surface area (Å²) in [7, 11) is 0. The van der Waals surface area contributed by atoms with Crippen molar-refractivity contribution in [3.63, 3.8) is 0 Å². The summed E-state index contributed by atoms with van der Waals surface area (Å²) in [4.78, 5) is 15.5. The van der Waals surface area contributed by atoms with Crippen molar-refractivity contribution in [1.29, 1.82) is 0 Å². The minimum atomic E-state index is 0.102. The van der Waals surface area contributed by atoms with Gasteiger partial charge in [-0.05, 0) is 93.7 Å². The molecule has 2 aromatic heterocycles. The van der Waals surface area contributed by atoms with E-state index in [-0.39, 0.29) is 5.41 Å². The summed E-state index contributed by atoms with van der Waals surface area (Å²) in [6, 6.07) is 58.2. The van der Waals surface area contributed by atoms with Gasteiger partial charge < -0.3 is 4.42 Å². The molecule has 2 aliphatic carbocycles. The third-order valence-electron chi connectivity index (χ3n) is 11.9. The van der Waals surface area contributed by atoms with Gasteiger partial charge in [-0.1, -0.05) is 147 Å². The number of para-hydroxylation sites is 1. The Hall–Kier alpha value is -6.65. The highest BCUT2D eigenvalue weighted by Gasteiger charge is 2.43. The van der Waals surface area contributed by atoms with Gasteiger partial charge in [0.05, 0.1) is 0 Å². The van der Waals surface area contributed by atoms with Crippen molar-refractivity contribution >= 4 is 21.9 Å². The molecule has 1 saturated carbocycles. The molecule has 0 aliphatic heterocycles. The van der Waals surface area contributed by atoms with Gasteiger partial charge in [0.15, 0.2) is 17.5 Å². The molecule has 7 aromatic carbocycles. The van der Waals surface area contributed by atoms with Gasteiger partial charge >= 0.3 is 0 Å². The number of hydrogen-bond acceptors (Lipinski definition) is 4. The monoisotopic (exact) mass is 707 g/mol. The van der Waals surface area contributed by atoms with E-state index in [4.69, 9.17) is 19.4 Å². The quantitative estimate of drug-likeness (QED) is 0.179. The van der Waals surface area contributed by atoms with Gasteiger partial charge in [-0.2, -0.15) is 0 Å². The summed E-state index contributed by atoms with van der Waals surface area (Å²) in [5, 5.41) is 2.17. The van der Waals surface area contributed by atoms with Gasteiger partial charge in [0.1, 0.15) is 11.2 Å². The SMILES string of the molecule is c1ccc(-c2cccc(-c3nc(-c4cccc(-c5ccc6c(c5)C5(CCCCC5)c5ccccc5-6)c4)nc(-c4ccc5c(c4)oc4ccccc45)n3)c2)cc1. The minimum Gasteiger partial charge on any atom is -0.456 e. The van der Waals surface area contributed by atoms with Crippen molar-refractivity contribution in [2.75, 3.05) is 0 Å². The summed E-state index contributed by atoms with van der Waals surface area (Å²) in [6.45, 7) is 0. The zero-order valence-electron chi connectivity index (χ0n) is 30.4. The summed E-state index contributed by atoms with van der Waals surface area (Å²) >= 11 is 0. The van der Waals surface area contributed by atoms with Crippen LogP contribution in [0.5, 0.6) is 0 Å². The van der Waals surface area contributed by atoms with Gasteiger partial charge in [-0.3, -0.25) is 0 Å². The lowest BCUT2D eigenvalue weighted by Gasteiger charge is -2.36. The molecular weight excluding hydrogens is 671 g/mol. The van der Waals surface area contributed by atoms with Gasteiger partial charge in [0, 0.05) is 32.9 Å². The maximum Gasteiger partial charge on any atom is 0.164 e. The minimum absolute atomic E-state index is 0.102. The van der Waals surface area contributed by atoms with Gasteiger partial charge in [-0.15, -0.1) is 0 Å². The molecule has 4 heteroatoms. The first kappa shape index (κ1) is 31.8. The molecule has 4 nitrogen and oxygen atoms in total. The Labute approximate surface area is 320 Å². The number of nitrogens with zero attached hydrogens (tertiary/aromatic N) is 3. The highest BCUT2D eigenvalue weighted by Crippen LogP contribution is 2.56. The lowest BCUT2D eigenvalue weighted by Crippen LogP contribution is -2.28. The Balaban J connectivity index is 1.04. The Morgan fingerprint density at radius 2 is 0.909 bits per heavy atom. The fourth-order valence-electron chi connectivity index (χ4n) is 9.26. The van der Waals surface area contributed by atoms with Crippen LogP contribution in [-0.4, -0.2) is 15.0 Å². The van der Waals surface area contributed by atoms with Crippen molar-refractivity contribution < 1.29 is 4.42 Å². The van der Waals surface area contributed by atoms with Crippen LogP contribution in [0.2, 0.25) is 0 Å². The van der Waals surface area contributed by atoms with Crippen LogP contribution < -0.4 is 0 Å². The van der Waals surface area contributed by atoms with Crippen LogP contribution >= 0.6 is 0 Å². The van der Waals surface area contributed by atoms with Crippen LogP contribution in [0.1, 0.15) is 43.2 Å². The van der Waals surface area contributed by atoms with Gasteiger partial charge in [0.2, 0.25) is 0 Å². The number of fused-ring (bicyclic) bond motifs is 8. The molecule has 0 saturated heterocycles. The van der Waals surface area contributed by atoms with Crippen molar-refractivity contribution in [1.82, 2.24) is 15.0 Å². The smallest absolute Gasteiger partial charge is 0.164 e. The Morgan fingerprint density at radius 3 is 1.67 bits per heavy atom. The first-order valence-electron chi connectivity index (χ1n) is 19.4. The second-order valence-corrected chi connectivity index (χ2v) is 15.1. The number of furan rings is 1. The molecular formula is C51H37N3O. The fraction of sp³-hybridized carbons (Fsp3) is 0.118. The third kappa shape index (κ3) is 5.32. The Morgan fingerprint density at radius 1 is 0.364 bits per heavy atom. The van der Waals surface area contributed by atoms with Crippen LogP contribution in [0.15, 0.2) is 168 Å².